The molecule has 29 heavy (non-hydrogen) atoms. The Labute approximate surface area is 177 Å². The maximum atomic E-state index is 12.8. The van der Waals surface area contributed by atoms with Crippen molar-refractivity contribution in [1.29, 1.82) is 0 Å². The lowest BCUT2D eigenvalue weighted by molar-refractivity contribution is -0.128. The zero-order valence-corrected chi connectivity index (χ0v) is 17.9. The molecule has 3 aromatic rings. The second kappa shape index (κ2) is 8.71. The summed E-state index contributed by atoms with van der Waals surface area (Å²) >= 11 is 3.38. The van der Waals surface area contributed by atoms with E-state index < -0.39 is 5.60 Å². The number of anilines is 1. The summed E-state index contributed by atoms with van der Waals surface area (Å²) in [5, 5.41) is 12.1. The Bertz CT molecular complexity index is 995. The number of carbonyl (C=O) groups is 1. The van der Waals surface area contributed by atoms with E-state index in [4.69, 9.17) is 13.9 Å². The minimum absolute atomic E-state index is 0.194. The number of ether oxygens (including phenoxy) is 2. The van der Waals surface area contributed by atoms with Crippen molar-refractivity contribution in [1.82, 2.24) is 0 Å². The first kappa shape index (κ1) is 21.0. The highest BCUT2D eigenvalue weighted by Gasteiger charge is 2.30. The molecule has 0 aliphatic heterocycles. The molecule has 0 spiro atoms. The van der Waals surface area contributed by atoms with Crippen LogP contribution in [0.1, 0.15) is 19.6 Å². The minimum Gasteiger partial charge on any atom is -0.496 e. The number of furan rings is 1. The molecule has 1 heterocycles. The van der Waals surface area contributed by atoms with Gasteiger partial charge in [0.1, 0.15) is 29.6 Å². The van der Waals surface area contributed by atoms with Crippen LogP contribution in [0.5, 0.6) is 11.5 Å². The van der Waals surface area contributed by atoms with Crippen LogP contribution in [-0.2, 0) is 11.4 Å². The quantitative estimate of drug-likeness (QED) is 0.519. The molecule has 0 saturated heterocycles. The smallest absolute Gasteiger partial charge is 0.267 e. The number of benzene rings is 2. The Morgan fingerprint density at radius 1 is 1.14 bits per heavy atom. The summed E-state index contributed by atoms with van der Waals surface area (Å²) in [6, 6.07) is 16.0. The van der Waals surface area contributed by atoms with Crippen LogP contribution in [0.2, 0.25) is 0 Å². The summed E-state index contributed by atoms with van der Waals surface area (Å²) in [4.78, 5) is 12.8. The van der Waals surface area contributed by atoms with E-state index in [0.717, 1.165) is 4.47 Å². The molecule has 152 valence electrons. The zero-order chi connectivity index (χ0) is 21.0. The molecule has 7 heteroatoms. The average Bonchev–Trinajstić information content (AvgIpc) is 3.18. The standard InChI is InChI=1S/C22H22BrNO5/c1-22(2,29-16-7-4-14(23)5-8-16)21(26)24-15-6-10-19(27-3)18(12-15)20-11-9-17(13-25)28-20/h4-12,25H,13H2,1-3H3,(H,24,26). The summed E-state index contributed by atoms with van der Waals surface area (Å²) in [5.74, 6) is 1.86. The van der Waals surface area contributed by atoms with E-state index in [1.54, 1.807) is 63.4 Å². The van der Waals surface area contributed by atoms with Crippen molar-refractivity contribution in [2.45, 2.75) is 26.1 Å². The Morgan fingerprint density at radius 3 is 2.48 bits per heavy atom. The molecule has 0 bridgehead atoms. The molecule has 1 aromatic heterocycles. The predicted octanol–water partition coefficient (Wildman–Crippen LogP) is 5.01. The first-order valence-corrected chi connectivity index (χ1v) is 9.75. The Balaban J connectivity index is 1.80. The number of hydrogen-bond acceptors (Lipinski definition) is 5. The van der Waals surface area contributed by atoms with Gasteiger partial charge >= 0.3 is 0 Å². The molecule has 2 N–H and O–H groups in total. The van der Waals surface area contributed by atoms with Gasteiger partial charge in [-0.2, -0.15) is 0 Å². The van der Waals surface area contributed by atoms with E-state index in [0.29, 0.717) is 34.3 Å². The van der Waals surface area contributed by atoms with Crippen LogP contribution in [0.25, 0.3) is 11.3 Å². The van der Waals surface area contributed by atoms with Crippen molar-refractivity contribution in [2.75, 3.05) is 12.4 Å². The van der Waals surface area contributed by atoms with Gasteiger partial charge in [-0.3, -0.25) is 4.79 Å². The molecule has 3 rings (SSSR count). The Morgan fingerprint density at radius 2 is 1.86 bits per heavy atom. The monoisotopic (exact) mass is 459 g/mol. The molecule has 0 atom stereocenters. The third-order valence-electron chi connectivity index (χ3n) is 4.27. The predicted molar refractivity (Wildman–Crippen MR) is 114 cm³/mol. The van der Waals surface area contributed by atoms with Crippen molar-refractivity contribution < 1.29 is 23.8 Å². The van der Waals surface area contributed by atoms with Gasteiger partial charge in [-0.15, -0.1) is 0 Å². The third-order valence-corrected chi connectivity index (χ3v) is 4.80. The van der Waals surface area contributed by atoms with Gasteiger partial charge in [0.15, 0.2) is 5.60 Å². The molecule has 0 fully saturated rings. The second-order valence-electron chi connectivity index (χ2n) is 6.86. The van der Waals surface area contributed by atoms with E-state index in [1.807, 2.05) is 12.1 Å². The van der Waals surface area contributed by atoms with Gasteiger partial charge in [0.2, 0.25) is 0 Å². The van der Waals surface area contributed by atoms with Gasteiger partial charge in [0, 0.05) is 10.2 Å². The number of aliphatic hydroxyl groups excluding tert-OH is 1. The third kappa shape index (κ3) is 4.99. The molecular weight excluding hydrogens is 438 g/mol. The lowest BCUT2D eigenvalue weighted by Gasteiger charge is -2.25. The molecule has 0 saturated carbocycles. The van der Waals surface area contributed by atoms with E-state index in [2.05, 4.69) is 21.2 Å². The molecular formula is C22H22BrNO5. The minimum atomic E-state index is -1.09. The maximum absolute atomic E-state index is 12.8. The number of carbonyl (C=O) groups excluding carboxylic acids is 1. The van der Waals surface area contributed by atoms with Crippen LogP contribution in [0.15, 0.2) is 63.5 Å². The Hall–Kier alpha value is -2.77. The topological polar surface area (TPSA) is 80.9 Å². The molecule has 2 aromatic carbocycles. The number of hydrogen-bond donors (Lipinski definition) is 2. The van der Waals surface area contributed by atoms with Crippen LogP contribution < -0.4 is 14.8 Å². The van der Waals surface area contributed by atoms with Gasteiger partial charge < -0.3 is 24.3 Å². The highest BCUT2D eigenvalue weighted by atomic mass is 79.9. The summed E-state index contributed by atoms with van der Waals surface area (Å²) in [5.41, 5.74) is 0.139. The van der Waals surface area contributed by atoms with Gasteiger partial charge in [-0.25, -0.2) is 0 Å². The summed E-state index contributed by atoms with van der Waals surface area (Å²) < 4.78 is 17.8. The van der Waals surface area contributed by atoms with Crippen LogP contribution in [0.4, 0.5) is 5.69 Å². The first-order chi connectivity index (χ1) is 13.8. The van der Waals surface area contributed by atoms with Crippen molar-refractivity contribution in [2.24, 2.45) is 0 Å². The highest BCUT2D eigenvalue weighted by Crippen LogP contribution is 2.34. The van der Waals surface area contributed by atoms with E-state index in [9.17, 15) is 9.90 Å². The zero-order valence-electron chi connectivity index (χ0n) is 16.4. The van der Waals surface area contributed by atoms with Gasteiger partial charge in [0.05, 0.1) is 12.7 Å². The second-order valence-corrected chi connectivity index (χ2v) is 7.78. The first-order valence-electron chi connectivity index (χ1n) is 8.96. The molecule has 1 amide bonds. The van der Waals surface area contributed by atoms with Crippen molar-refractivity contribution in [3.8, 4) is 22.8 Å². The van der Waals surface area contributed by atoms with E-state index in [-0.39, 0.29) is 12.5 Å². The molecule has 0 unspecified atom stereocenters. The Kier molecular flexibility index (Phi) is 6.30. The van der Waals surface area contributed by atoms with Crippen LogP contribution >= 0.6 is 15.9 Å². The largest absolute Gasteiger partial charge is 0.496 e. The summed E-state index contributed by atoms with van der Waals surface area (Å²) in [6.07, 6.45) is 0. The fourth-order valence-corrected chi connectivity index (χ4v) is 2.98. The van der Waals surface area contributed by atoms with Crippen molar-refractivity contribution in [3.63, 3.8) is 0 Å². The van der Waals surface area contributed by atoms with Gasteiger partial charge in [-0.1, -0.05) is 15.9 Å². The fraction of sp³-hybridized carbons (Fsp3) is 0.227. The van der Waals surface area contributed by atoms with E-state index in [1.165, 1.54) is 0 Å². The number of rotatable bonds is 7. The number of methoxy groups -OCH3 is 1. The van der Waals surface area contributed by atoms with E-state index >= 15 is 0 Å². The van der Waals surface area contributed by atoms with Crippen LogP contribution in [0, 0.1) is 0 Å². The molecule has 0 aliphatic rings. The fourth-order valence-electron chi connectivity index (χ4n) is 2.71. The van der Waals surface area contributed by atoms with Crippen LogP contribution in [0.3, 0.4) is 0 Å². The number of halogens is 1. The number of aliphatic hydroxyl groups is 1. The lowest BCUT2D eigenvalue weighted by Crippen LogP contribution is -2.42. The highest BCUT2D eigenvalue weighted by molar-refractivity contribution is 9.10. The lowest BCUT2D eigenvalue weighted by atomic mass is 10.1. The molecule has 0 radical (unpaired) electrons. The normalized spacial score (nSPS) is 11.2. The van der Waals surface area contributed by atoms with Crippen LogP contribution in [-0.4, -0.2) is 23.7 Å². The molecule has 6 nitrogen and oxygen atoms in total. The maximum Gasteiger partial charge on any atom is 0.267 e. The average molecular weight is 460 g/mol. The van der Waals surface area contributed by atoms with Crippen molar-refractivity contribution in [3.05, 3.63) is 64.8 Å². The van der Waals surface area contributed by atoms with Gasteiger partial charge in [-0.05, 0) is 68.4 Å². The number of nitrogens with one attached hydrogen (secondary N) is 1. The molecule has 0 aliphatic carbocycles. The summed E-state index contributed by atoms with van der Waals surface area (Å²) in [7, 11) is 1.56. The van der Waals surface area contributed by atoms with Gasteiger partial charge in [0.25, 0.3) is 5.91 Å². The van der Waals surface area contributed by atoms with Crippen molar-refractivity contribution >= 4 is 27.5 Å². The SMILES string of the molecule is COc1ccc(NC(=O)C(C)(C)Oc2ccc(Br)cc2)cc1-c1ccc(CO)o1. The summed E-state index contributed by atoms with van der Waals surface area (Å²) in [6.45, 7) is 3.21. The number of amides is 1.